The number of hydrogen-bond acceptors (Lipinski definition) is 2. The molecule has 1 aromatic carbocycles. The van der Waals surface area contributed by atoms with Crippen LogP contribution in [-0.2, 0) is 0 Å². The third kappa shape index (κ3) is 4.62. The van der Waals surface area contributed by atoms with Crippen LogP contribution in [0.1, 0.15) is 45.2 Å². The van der Waals surface area contributed by atoms with Crippen LogP contribution in [0, 0.1) is 5.92 Å². The van der Waals surface area contributed by atoms with Crippen molar-refractivity contribution in [3.05, 3.63) is 28.2 Å². The summed E-state index contributed by atoms with van der Waals surface area (Å²) in [5.74, 6) is 1.61. The number of benzene rings is 1. The molecule has 1 unspecified atom stereocenters. The molecule has 0 aliphatic carbocycles. The van der Waals surface area contributed by atoms with Crippen LogP contribution < -0.4 is 10.1 Å². The van der Waals surface area contributed by atoms with Crippen LogP contribution in [0.15, 0.2) is 22.7 Å². The summed E-state index contributed by atoms with van der Waals surface area (Å²) in [6.07, 6.45) is 2.17. The van der Waals surface area contributed by atoms with Crippen molar-refractivity contribution >= 4 is 15.9 Å². The van der Waals surface area contributed by atoms with E-state index in [9.17, 15) is 0 Å². The lowest BCUT2D eigenvalue weighted by Crippen LogP contribution is -2.18. The van der Waals surface area contributed by atoms with Crippen LogP contribution in [0.4, 0.5) is 0 Å². The van der Waals surface area contributed by atoms with Crippen molar-refractivity contribution in [1.82, 2.24) is 5.32 Å². The van der Waals surface area contributed by atoms with E-state index in [0.717, 1.165) is 29.7 Å². The second-order valence-electron chi connectivity index (χ2n) is 5.01. The first kappa shape index (κ1) is 15.5. The number of halogens is 1. The summed E-state index contributed by atoms with van der Waals surface area (Å²) in [5, 5.41) is 3.38. The van der Waals surface area contributed by atoms with Crippen LogP contribution in [0.25, 0.3) is 0 Å². The Bertz CT molecular complexity index is 366. The molecule has 0 bridgehead atoms. The maximum absolute atomic E-state index is 5.67. The van der Waals surface area contributed by atoms with Crippen molar-refractivity contribution in [1.29, 1.82) is 0 Å². The first-order valence-corrected chi connectivity index (χ1v) is 7.47. The van der Waals surface area contributed by atoms with Gasteiger partial charge in [-0.15, -0.1) is 0 Å². The van der Waals surface area contributed by atoms with Crippen molar-refractivity contribution in [2.24, 2.45) is 5.92 Å². The predicted octanol–water partition coefficient (Wildman–Crippen LogP) is 4.54. The number of hydrogen-bond donors (Lipinski definition) is 1. The normalized spacial score (nSPS) is 12.8. The highest BCUT2D eigenvalue weighted by Crippen LogP contribution is 2.30. The summed E-state index contributed by atoms with van der Waals surface area (Å²) < 4.78 is 6.71. The molecule has 1 aromatic rings. The average molecular weight is 314 g/mol. The molecule has 1 rings (SSSR count). The number of ether oxygens (including phenoxy) is 1. The van der Waals surface area contributed by atoms with Gasteiger partial charge in [-0.2, -0.15) is 0 Å². The van der Waals surface area contributed by atoms with Gasteiger partial charge in [-0.3, -0.25) is 0 Å². The first-order chi connectivity index (χ1) is 8.58. The van der Waals surface area contributed by atoms with E-state index in [1.54, 1.807) is 0 Å². The highest BCUT2D eigenvalue weighted by molar-refractivity contribution is 9.10. The van der Waals surface area contributed by atoms with E-state index >= 15 is 0 Å². The molecule has 1 N–H and O–H groups in total. The molecule has 0 fully saturated rings. The minimum atomic E-state index is 0.404. The number of rotatable bonds is 7. The summed E-state index contributed by atoms with van der Waals surface area (Å²) in [4.78, 5) is 0. The maximum atomic E-state index is 5.67. The molecular formula is C15H24BrNO. The summed E-state index contributed by atoms with van der Waals surface area (Å²) >= 11 is 3.59. The van der Waals surface area contributed by atoms with E-state index in [1.165, 1.54) is 5.56 Å². The molecule has 0 spiro atoms. The van der Waals surface area contributed by atoms with Crippen LogP contribution in [0.2, 0.25) is 0 Å². The lowest BCUT2D eigenvalue weighted by Gasteiger charge is -2.20. The Labute approximate surface area is 119 Å². The van der Waals surface area contributed by atoms with Gasteiger partial charge in [0.15, 0.2) is 0 Å². The molecule has 3 heteroatoms. The zero-order valence-corrected chi connectivity index (χ0v) is 13.4. The highest BCUT2D eigenvalue weighted by atomic mass is 79.9. The van der Waals surface area contributed by atoms with Gasteiger partial charge in [-0.05, 0) is 59.4 Å². The Morgan fingerprint density at radius 3 is 2.56 bits per heavy atom. The van der Waals surface area contributed by atoms with Gasteiger partial charge < -0.3 is 10.1 Å². The molecule has 0 aliphatic heterocycles. The maximum Gasteiger partial charge on any atom is 0.133 e. The van der Waals surface area contributed by atoms with Gasteiger partial charge >= 0.3 is 0 Å². The molecule has 0 radical (unpaired) electrons. The molecule has 0 saturated heterocycles. The Hall–Kier alpha value is -0.540. The largest absolute Gasteiger partial charge is 0.492 e. The Balaban J connectivity index is 2.81. The zero-order chi connectivity index (χ0) is 13.5. The van der Waals surface area contributed by atoms with Gasteiger partial charge in [0.25, 0.3) is 0 Å². The SMILES string of the molecule is CCCOc1ccc(C(CC(C)C)NC)cc1Br. The lowest BCUT2D eigenvalue weighted by molar-refractivity contribution is 0.315. The molecule has 1 atom stereocenters. The van der Waals surface area contributed by atoms with Crippen LogP contribution >= 0.6 is 15.9 Å². The molecule has 18 heavy (non-hydrogen) atoms. The van der Waals surface area contributed by atoms with Gasteiger partial charge in [-0.25, -0.2) is 0 Å². The standard InChI is InChI=1S/C15H24BrNO/c1-5-8-18-15-7-6-12(10-13(15)16)14(17-4)9-11(2)3/h6-7,10-11,14,17H,5,8-9H2,1-4H3. The summed E-state index contributed by atoms with van der Waals surface area (Å²) in [6.45, 7) is 7.37. The smallest absolute Gasteiger partial charge is 0.133 e. The van der Waals surface area contributed by atoms with E-state index in [-0.39, 0.29) is 0 Å². The van der Waals surface area contributed by atoms with E-state index in [0.29, 0.717) is 12.0 Å². The minimum Gasteiger partial charge on any atom is -0.492 e. The number of nitrogens with one attached hydrogen (secondary N) is 1. The van der Waals surface area contributed by atoms with Gasteiger partial charge in [-0.1, -0.05) is 26.8 Å². The van der Waals surface area contributed by atoms with Gasteiger partial charge in [0.05, 0.1) is 11.1 Å². The molecule has 102 valence electrons. The summed E-state index contributed by atoms with van der Waals surface area (Å²) in [6, 6.07) is 6.77. The molecule has 0 saturated carbocycles. The fraction of sp³-hybridized carbons (Fsp3) is 0.600. The quantitative estimate of drug-likeness (QED) is 0.797. The van der Waals surface area contributed by atoms with Crippen LogP contribution in [0.3, 0.4) is 0 Å². The second kappa shape index (κ2) is 7.80. The van der Waals surface area contributed by atoms with Crippen LogP contribution in [0.5, 0.6) is 5.75 Å². The van der Waals surface area contributed by atoms with Gasteiger partial charge in [0.2, 0.25) is 0 Å². The van der Waals surface area contributed by atoms with E-state index < -0.39 is 0 Å². The Kier molecular flexibility index (Phi) is 6.72. The topological polar surface area (TPSA) is 21.3 Å². The molecule has 0 aliphatic rings. The molecule has 0 amide bonds. The van der Waals surface area contributed by atoms with E-state index in [2.05, 4.69) is 60.2 Å². The third-order valence-corrected chi connectivity index (χ3v) is 3.50. The van der Waals surface area contributed by atoms with Crippen molar-refractivity contribution in [3.63, 3.8) is 0 Å². The lowest BCUT2D eigenvalue weighted by atomic mass is 9.97. The second-order valence-corrected chi connectivity index (χ2v) is 5.86. The van der Waals surface area contributed by atoms with Crippen molar-refractivity contribution in [3.8, 4) is 5.75 Å². The van der Waals surface area contributed by atoms with Crippen molar-refractivity contribution < 1.29 is 4.74 Å². The Morgan fingerprint density at radius 2 is 2.06 bits per heavy atom. The van der Waals surface area contributed by atoms with E-state index in [1.807, 2.05) is 7.05 Å². The molecule has 0 heterocycles. The van der Waals surface area contributed by atoms with Crippen molar-refractivity contribution in [2.75, 3.05) is 13.7 Å². The van der Waals surface area contributed by atoms with Gasteiger partial charge in [0, 0.05) is 6.04 Å². The first-order valence-electron chi connectivity index (χ1n) is 6.68. The predicted molar refractivity (Wildman–Crippen MR) is 81.2 cm³/mol. The Morgan fingerprint density at radius 1 is 1.33 bits per heavy atom. The van der Waals surface area contributed by atoms with Gasteiger partial charge in [0.1, 0.15) is 5.75 Å². The molecule has 2 nitrogen and oxygen atoms in total. The highest BCUT2D eigenvalue weighted by Gasteiger charge is 2.13. The summed E-state index contributed by atoms with van der Waals surface area (Å²) in [7, 11) is 2.02. The van der Waals surface area contributed by atoms with Crippen LogP contribution in [-0.4, -0.2) is 13.7 Å². The fourth-order valence-corrected chi connectivity index (χ4v) is 2.47. The molecule has 0 aromatic heterocycles. The minimum absolute atomic E-state index is 0.404. The fourth-order valence-electron chi connectivity index (χ4n) is 1.95. The summed E-state index contributed by atoms with van der Waals surface area (Å²) in [5.41, 5.74) is 1.31. The molecular weight excluding hydrogens is 290 g/mol. The van der Waals surface area contributed by atoms with Crippen molar-refractivity contribution in [2.45, 2.75) is 39.7 Å². The monoisotopic (exact) mass is 313 g/mol. The zero-order valence-electron chi connectivity index (χ0n) is 11.8. The average Bonchev–Trinajstić information content (AvgIpc) is 2.34. The third-order valence-electron chi connectivity index (χ3n) is 2.88. The van der Waals surface area contributed by atoms with E-state index in [4.69, 9.17) is 4.74 Å².